The molecule has 1 heterocycles. The van der Waals surface area contributed by atoms with Gasteiger partial charge in [0.2, 0.25) is 5.91 Å². The van der Waals surface area contributed by atoms with Crippen molar-refractivity contribution in [1.29, 1.82) is 0 Å². The van der Waals surface area contributed by atoms with Crippen LogP contribution in [-0.2, 0) is 11.3 Å². The monoisotopic (exact) mass is 448 g/mol. The highest BCUT2D eigenvalue weighted by molar-refractivity contribution is 14.0. The van der Waals surface area contributed by atoms with Crippen molar-refractivity contribution >= 4 is 52.9 Å². The minimum Gasteiger partial charge on any atom is -0.352 e. The van der Waals surface area contributed by atoms with Crippen LogP contribution in [0.2, 0.25) is 0 Å². The Morgan fingerprint density at radius 3 is 2.74 bits per heavy atom. The molecule has 0 fully saturated rings. The zero-order valence-electron chi connectivity index (χ0n) is 12.5. The molecule has 5 nitrogen and oxygen atoms in total. The molecule has 124 valence electrons. The van der Waals surface area contributed by atoms with E-state index in [1.54, 1.807) is 30.5 Å². The molecule has 0 spiro atoms. The molecule has 0 aliphatic heterocycles. The van der Waals surface area contributed by atoms with Gasteiger partial charge in [0.05, 0.1) is 13.1 Å². The Hall–Kier alpha value is -1.68. The highest BCUT2D eigenvalue weighted by Crippen LogP contribution is 2.08. The summed E-state index contributed by atoms with van der Waals surface area (Å²) >= 11 is 1.64. The number of halogens is 2. The number of amides is 1. The number of hydrogen-bond donors (Lipinski definition) is 3. The number of rotatable bonds is 5. The zero-order valence-corrected chi connectivity index (χ0v) is 15.7. The first kappa shape index (κ1) is 19.4. The Kier molecular flexibility index (Phi) is 8.56. The largest absolute Gasteiger partial charge is 0.352 e. The highest BCUT2D eigenvalue weighted by atomic mass is 127. The van der Waals surface area contributed by atoms with Gasteiger partial charge in [0.1, 0.15) is 5.82 Å². The predicted octanol–water partition coefficient (Wildman–Crippen LogP) is 2.81. The molecular weight excluding hydrogens is 430 g/mol. The van der Waals surface area contributed by atoms with Gasteiger partial charge in [-0.3, -0.25) is 9.79 Å². The van der Waals surface area contributed by atoms with E-state index in [1.807, 2.05) is 17.5 Å². The van der Waals surface area contributed by atoms with Crippen molar-refractivity contribution in [2.24, 2.45) is 4.99 Å². The first-order valence-electron chi connectivity index (χ1n) is 6.69. The molecule has 1 amide bonds. The third kappa shape index (κ3) is 6.95. The lowest BCUT2D eigenvalue weighted by molar-refractivity contribution is -0.115. The summed E-state index contributed by atoms with van der Waals surface area (Å²) in [5.41, 5.74) is 0.424. The lowest BCUT2D eigenvalue weighted by atomic mass is 10.3. The summed E-state index contributed by atoms with van der Waals surface area (Å²) in [7, 11) is 1.63. The van der Waals surface area contributed by atoms with Gasteiger partial charge in [-0.2, -0.15) is 0 Å². The van der Waals surface area contributed by atoms with Crippen LogP contribution in [0.25, 0.3) is 0 Å². The molecule has 1 aromatic heterocycles. The number of carbonyl (C=O) groups is 1. The Morgan fingerprint density at radius 1 is 1.26 bits per heavy atom. The van der Waals surface area contributed by atoms with Crippen LogP contribution in [0, 0.1) is 5.82 Å². The van der Waals surface area contributed by atoms with Gasteiger partial charge in [-0.05, 0) is 29.6 Å². The fraction of sp³-hybridized carbons (Fsp3) is 0.200. The molecule has 1 aromatic carbocycles. The summed E-state index contributed by atoms with van der Waals surface area (Å²) in [6.07, 6.45) is 0. The maximum absolute atomic E-state index is 13.0. The van der Waals surface area contributed by atoms with Crippen LogP contribution in [0.5, 0.6) is 0 Å². The van der Waals surface area contributed by atoms with Crippen molar-refractivity contribution in [3.8, 4) is 0 Å². The number of hydrogen-bond acceptors (Lipinski definition) is 3. The minimum absolute atomic E-state index is 0. The van der Waals surface area contributed by atoms with E-state index in [1.165, 1.54) is 17.0 Å². The van der Waals surface area contributed by atoms with Crippen LogP contribution in [0.15, 0.2) is 46.8 Å². The second-order valence-corrected chi connectivity index (χ2v) is 5.45. The lowest BCUT2D eigenvalue weighted by Crippen LogP contribution is -2.40. The Balaban J connectivity index is 0.00000264. The summed E-state index contributed by atoms with van der Waals surface area (Å²) in [6, 6.07) is 9.75. The van der Waals surface area contributed by atoms with Crippen molar-refractivity contribution in [3.05, 3.63) is 52.5 Å². The van der Waals surface area contributed by atoms with Gasteiger partial charge in [-0.15, -0.1) is 35.3 Å². The van der Waals surface area contributed by atoms with Crippen LogP contribution >= 0.6 is 35.3 Å². The summed E-state index contributed by atoms with van der Waals surface area (Å²) in [5, 5.41) is 10.6. The number of nitrogens with one attached hydrogen (secondary N) is 3. The number of anilines is 1. The van der Waals surface area contributed by atoms with E-state index in [2.05, 4.69) is 20.9 Å². The zero-order chi connectivity index (χ0) is 15.8. The van der Waals surface area contributed by atoms with E-state index in [9.17, 15) is 9.18 Å². The SMILES string of the molecule is CN=C(NCC(=O)Nc1cccc(F)c1)NCc1cccs1.I. The van der Waals surface area contributed by atoms with Crippen molar-refractivity contribution < 1.29 is 9.18 Å². The maximum Gasteiger partial charge on any atom is 0.243 e. The molecule has 8 heteroatoms. The molecule has 0 unspecified atom stereocenters. The van der Waals surface area contributed by atoms with E-state index in [4.69, 9.17) is 0 Å². The van der Waals surface area contributed by atoms with Crippen LogP contribution in [0.3, 0.4) is 0 Å². The molecule has 0 bridgehead atoms. The quantitative estimate of drug-likeness (QED) is 0.375. The summed E-state index contributed by atoms with van der Waals surface area (Å²) in [6.45, 7) is 0.684. The number of thiophene rings is 1. The Labute approximate surface area is 155 Å². The fourth-order valence-corrected chi connectivity index (χ4v) is 2.38. The van der Waals surface area contributed by atoms with Crippen LogP contribution in [0.4, 0.5) is 10.1 Å². The second-order valence-electron chi connectivity index (χ2n) is 4.42. The average molecular weight is 448 g/mol. The van der Waals surface area contributed by atoms with Crippen LogP contribution in [0.1, 0.15) is 4.88 Å². The van der Waals surface area contributed by atoms with E-state index in [0.717, 1.165) is 0 Å². The average Bonchev–Trinajstić information content (AvgIpc) is 3.01. The smallest absolute Gasteiger partial charge is 0.243 e. The summed E-state index contributed by atoms with van der Waals surface area (Å²) < 4.78 is 13.0. The third-order valence-corrected chi connectivity index (χ3v) is 3.63. The molecule has 2 aromatic rings. The lowest BCUT2D eigenvalue weighted by Gasteiger charge is -2.11. The molecule has 0 saturated carbocycles. The van der Waals surface area contributed by atoms with Gasteiger partial charge in [0, 0.05) is 17.6 Å². The normalized spacial score (nSPS) is 10.6. The van der Waals surface area contributed by atoms with Crippen LogP contribution in [-0.4, -0.2) is 25.5 Å². The fourth-order valence-electron chi connectivity index (χ4n) is 1.74. The van der Waals surface area contributed by atoms with Gasteiger partial charge < -0.3 is 16.0 Å². The summed E-state index contributed by atoms with van der Waals surface area (Å²) in [4.78, 5) is 17.0. The van der Waals surface area contributed by atoms with Crippen molar-refractivity contribution in [2.75, 3.05) is 18.9 Å². The maximum atomic E-state index is 13.0. The molecule has 0 saturated heterocycles. The summed E-state index contributed by atoms with van der Waals surface area (Å²) in [5.74, 6) is -0.133. The number of guanidine groups is 1. The molecule has 0 aliphatic carbocycles. The first-order valence-corrected chi connectivity index (χ1v) is 7.57. The van der Waals surface area contributed by atoms with Gasteiger partial charge in [-0.1, -0.05) is 12.1 Å². The number of carbonyl (C=O) groups excluding carboxylic acids is 1. The Morgan fingerprint density at radius 2 is 2.09 bits per heavy atom. The molecule has 0 radical (unpaired) electrons. The van der Waals surface area contributed by atoms with Crippen LogP contribution < -0.4 is 16.0 Å². The van der Waals surface area contributed by atoms with Gasteiger partial charge >= 0.3 is 0 Å². The standard InChI is InChI=1S/C15H17FN4OS.HI/c1-17-15(18-9-13-6-3-7-22-13)19-10-14(21)20-12-5-2-4-11(16)8-12;/h2-8H,9-10H2,1H3,(H,20,21)(H2,17,18,19);1H. The van der Waals surface area contributed by atoms with Gasteiger partial charge in [-0.25, -0.2) is 4.39 Å². The molecule has 23 heavy (non-hydrogen) atoms. The first-order chi connectivity index (χ1) is 10.7. The van der Waals surface area contributed by atoms with E-state index < -0.39 is 0 Å². The topological polar surface area (TPSA) is 65.5 Å². The predicted molar refractivity (Wildman–Crippen MR) is 103 cm³/mol. The number of benzene rings is 1. The Bertz CT molecular complexity index is 649. The molecule has 2 rings (SSSR count). The van der Waals surface area contributed by atoms with Crippen molar-refractivity contribution in [2.45, 2.75) is 6.54 Å². The molecule has 3 N–H and O–H groups in total. The van der Waals surface area contributed by atoms with E-state index >= 15 is 0 Å². The molecule has 0 aliphatic rings. The third-order valence-electron chi connectivity index (χ3n) is 2.76. The minimum atomic E-state index is -0.390. The van der Waals surface area contributed by atoms with E-state index in [0.29, 0.717) is 18.2 Å². The van der Waals surface area contributed by atoms with Gasteiger partial charge in [0.15, 0.2) is 5.96 Å². The number of aliphatic imine (C=N–C) groups is 1. The van der Waals surface area contributed by atoms with Gasteiger partial charge in [0.25, 0.3) is 0 Å². The molecular formula is C15H18FIN4OS. The molecule has 0 atom stereocenters. The number of nitrogens with zero attached hydrogens (tertiary/aromatic N) is 1. The van der Waals surface area contributed by atoms with Crippen molar-refractivity contribution in [3.63, 3.8) is 0 Å². The second kappa shape index (κ2) is 10.2. The highest BCUT2D eigenvalue weighted by Gasteiger charge is 2.05. The van der Waals surface area contributed by atoms with E-state index in [-0.39, 0.29) is 42.2 Å². The van der Waals surface area contributed by atoms with Crippen molar-refractivity contribution in [1.82, 2.24) is 10.6 Å².